The Balaban J connectivity index is 2.04. The van der Waals surface area contributed by atoms with Gasteiger partial charge < -0.3 is 10.4 Å². The molecule has 0 radical (unpaired) electrons. The van der Waals surface area contributed by atoms with E-state index in [-0.39, 0.29) is 17.5 Å². The highest BCUT2D eigenvalue weighted by atomic mass is 32.1. The number of carboxylic acids is 1. The maximum atomic E-state index is 12.8. The first-order chi connectivity index (χ1) is 12.0. The number of aromatic carboxylic acids is 1. The van der Waals surface area contributed by atoms with E-state index in [0.29, 0.717) is 22.2 Å². The summed E-state index contributed by atoms with van der Waals surface area (Å²) in [5.41, 5.74) is -0.601. The van der Waals surface area contributed by atoms with Crippen molar-refractivity contribution < 1.29 is 14.7 Å². The number of aryl methyl sites for hydroxylation is 1. The van der Waals surface area contributed by atoms with Gasteiger partial charge in [0, 0.05) is 23.4 Å². The average Bonchev–Trinajstić information content (AvgIpc) is 3.20. The van der Waals surface area contributed by atoms with Crippen LogP contribution in [0.5, 0.6) is 0 Å². The minimum Gasteiger partial charge on any atom is -0.478 e. The molecule has 10 heteroatoms. The molecule has 0 atom stereocenters. The lowest BCUT2D eigenvalue weighted by Crippen LogP contribution is -2.31. The number of thiazole rings is 1. The molecule has 25 heavy (non-hydrogen) atoms. The van der Waals surface area contributed by atoms with Crippen molar-refractivity contribution in [2.24, 2.45) is 0 Å². The van der Waals surface area contributed by atoms with E-state index in [1.165, 1.54) is 21.3 Å². The Morgan fingerprint density at radius 1 is 1.36 bits per heavy atom. The number of thiophene rings is 1. The summed E-state index contributed by atoms with van der Waals surface area (Å²) in [6, 6.07) is 0. The molecule has 0 fully saturated rings. The number of aromatic nitrogens is 3. The third-order valence-corrected chi connectivity index (χ3v) is 5.02. The van der Waals surface area contributed by atoms with Crippen LogP contribution >= 0.6 is 22.7 Å². The molecule has 0 aliphatic carbocycles. The van der Waals surface area contributed by atoms with Crippen LogP contribution in [-0.4, -0.2) is 31.5 Å². The number of nitrogens with one attached hydrogen (secondary N) is 1. The van der Waals surface area contributed by atoms with E-state index in [9.17, 15) is 19.5 Å². The van der Waals surface area contributed by atoms with Gasteiger partial charge in [-0.1, -0.05) is 6.92 Å². The van der Waals surface area contributed by atoms with Gasteiger partial charge in [0.05, 0.1) is 10.9 Å². The first-order valence-corrected chi connectivity index (χ1v) is 9.20. The molecule has 8 nitrogen and oxygen atoms in total. The second kappa shape index (κ2) is 7.11. The standard InChI is InChI=1S/C15H14N4O4S2/c1-2-3-9-17-12-11(8(7-25-12)14(22)23)13(21)19(9)6-10(20)18-15-16-4-5-24-15/h4-5,7H,2-3,6H2,1H3,(H,22,23)(H,16,18,20). The van der Waals surface area contributed by atoms with E-state index in [2.05, 4.69) is 15.3 Å². The van der Waals surface area contributed by atoms with Crippen LogP contribution < -0.4 is 10.9 Å². The molecule has 0 spiro atoms. The quantitative estimate of drug-likeness (QED) is 0.680. The molecule has 0 saturated heterocycles. The van der Waals surface area contributed by atoms with E-state index >= 15 is 0 Å². The van der Waals surface area contributed by atoms with Gasteiger partial charge in [0.2, 0.25) is 5.91 Å². The molecule has 0 aliphatic heterocycles. The zero-order chi connectivity index (χ0) is 18.0. The predicted octanol–water partition coefficient (Wildman–Crippen LogP) is 2.20. The van der Waals surface area contributed by atoms with Gasteiger partial charge in [0.15, 0.2) is 5.13 Å². The second-order valence-corrected chi connectivity index (χ2v) is 6.94. The Bertz CT molecular complexity index is 991. The fourth-order valence-electron chi connectivity index (χ4n) is 2.39. The highest BCUT2D eigenvalue weighted by molar-refractivity contribution is 7.17. The Labute approximate surface area is 149 Å². The summed E-state index contributed by atoms with van der Waals surface area (Å²) >= 11 is 2.38. The molecule has 3 rings (SSSR count). The summed E-state index contributed by atoms with van der Waals surface area (Å²) < 4.78 is 1.24. The molecule has 2 N–H and O–H groups in total. The van der Waals surface area contributed by atoms with Gasteiger partial charge >= 0.3 is 5.97 Å². The normalized spacial score (nSPS) is 10.9. The largest absolute Gasteiger partial charge is 0.478 e. The van der Waals surface area contributed by atoms with Crippen LogP contribution in [0.25, 0.3) is 10.2 Å². The third-order valence-electron chi connectivity index (χ3n) is 3.46. The maximum absolute atomic E-state index is 12.8. The molecule has 0 saturated carbocycles. The Kier molecular flexibility index (Phi) is 4.91. The summed E-state index contributed by atoms with van der Waals surface area (Å²) in [6.45, 7) is 1.69. The van der Waals surface area contributed by atoms with Gasteiger partial charge in [0.25, 0.3) is 5.56 Å². The molecule has 3 aromatic heterocycles. The molecular weight excluding hydrogens is 364 g/mol. The van der Waals surface area contributed by atoms with Crippen LogP contribution in [0, 0.1) is 0 Å². The van der Waals surface area contributed by atoms with Crippen LogP contribution in [0.15, 0.2) is 21.8 Å². The van der Waals surface area contributed by atoms with Crippen molar-refractivity contribution in [1.82, 2.24) is 14.5 Å². The van der Waals surface area contributed by atoms with Crippen LogP contribution in [0.4, 0.5) is 5.13 Å². The lowest BCUT2D eigenvalue weighted by Gasteiger charge is -2.11. The molecule has 0 bridgehead atoms. The van der Waals surface area contributed by atoms with Gasteiger partial charge in [-0.25, -0.2) is 14.8 Å². The number of hydrogen-bond donors (Lipinski definition) is 2. The monoisotopic (exact) mass is 378 g/mol. The smallest absolute Gasteiger partial charge is 0.337 e. The van der Waals surface area contributed by atoms with Crippen molar-refractivity contribution in [2.75, 3.05) is 5.32 Å². The molecule has 0 aromatic carbocycles. The SMILES string of the molecule is CCCc1nc2scc(C(=O)O)c2c(=O)n1CC(=O)Nc1nccs1. The Hall–Kier alpha value is -2.59. The zero-order valence-electron chi connectivity index (χ0n) is 13.2. The van der Waals surface area contributed by atoms with Gasteiger partial charge in [-0.05, 0) is 6.42 Å². The van der Waals surface area contributed by atoms with E-state index in [4.69, 9.17) is 0 Å². The van der Waals surface area contributed by atoms with Crippen molar-refractivity contribution in [3.05, 3.63) is 38.7 Å². The van der Waals surface area contributed by atoms with Crippen molar-refractivity contribution in [3.63, 3.8) is 0 Å². The highest BCUT2D eigenvalue weighted by Gasteiger charge is 2.20. The molecule has 3 heterocycles. The second-order valence-electron chi connectivity index (χ2n) is 5.19. The molecule has 130 valence electrons. The van der Waals surface area contributed by atoms with Gasteiger partial charge in [-0.3, -0.25) is 14.2 Å². The van der Waals surface area contributed by atoms with E-state index in [1.54, 1.807) is 11.6 Å². The number of carboxylic acid groups (broad SMARTS) is 1. The highest BCUT2D eigenvalue weighted by Crippen LogP contribution is 2.22. The van der Waals surface area contributed by atoms with Crippen LogP contribution in [0.2, 0.25) is 0 Å². The lowest BCUT2D eigenvalue weighted by molar-refractivity contribution is -0.116. The summed E-state index contributed by atoms with van der Waals surface area (Å²) in [7, 11) is 0. The summed E-state index contributed by atoms with van der Waals surface area (Å²) in [6.07, 6.45) is 2.81. The number of carbonyl (C=O) groups excluding carboxylic acids is 1. The molecule has 0 unspecified atom stereocenters. The van der Waals surface area contributed by atoms with Crippen molar-refractivity contribution >= 4 is 49.9 Å². The van der Waals surface area contributed by atoms with E-state index in [0.717, 1.165) is 17.8 Å². The summed E-state index contributed by atoms with van der Waals surface area (Å²) in [5.74, 6) is -1.14. The number of nitrogens with zero attached hydrogens (tertiary/aromatic N) is 3. The topological polar surface area (TPSA) is 114 Å². The molecular formula is C15H14N4O4S2. The lowest BCUT2D eigenvalue weighted by atomic mass is 10.2. The number of fused-ring (bicyclic) bond motifs is 1. The van der Waals surface area contributed by atoms with E-state index in [1.807, 2.05) is 6.92 Å². The van der Waals surface area contributed by atoms with Crippen molar-refractivity contribution in [1.29, 1.82) is 0 Å². The van der Waals surface area contributed by atoms with Gasteiger partial charge in [-0.15, -0.1) is 22.7 Å². The predicted molar refractivity (Wildman–Crippen MR) is 95.6 cm³/mol. The van der Waals surface area contributed by atoms with Crippen molar-refractivity contribution in [2.45, 2.75) is 26.3 Å². The van der Waals surface area contributed by atoms with E-state index < -0.39 is 17.4 Å². The Morgan fingerprint density at radius 2 is 2.16 bits per heavy atom. The van der Waals surface area contributed by atoms with Gasteiger partial charge in [-0.2, -0.15) is 0 Å². The number of hydrogen-bond acceptors (Lipinski definition) is 7. The van der Waals surface area contributed by atoms with Crippen LogP contribution in [0.1, 0.15) is 29.5 Å². The molecule has 1 amide bonds. The number of rotatable bonds is 6. The Morgan fingerprint density at radius 3 is 2.80 bits per heavy atom. The number of carbonyl (C=O) groups is 2. The number of amides is 1. The fraction of sp³-hybridized carbons (Fsp3) is 0.267. The molecule has 3 aromatic rings. The first-order valence-electron chi connectivity index (χ1n) is 7.44. The van der Waals surface area contributed by atoms with Gasteiger partial charge in [0.1, 0.15) is 17.2 Å². The number of anilines is 1. The average molecular weight is 378 g/mol. The third kappa shape index (κ3) is 3.44. The van der Waals surface area contributed by atoms with Crippen LogP contribution in [0.3, 0.4) is 0 Å². The first kappa shape index (κ1) is 17.2. The zero-order valence-corrected chi connectivity index (χ0v) is 14.8. The summed E-state index contributed by atoms with van der Waals surface area (Å²) in [5, 5.41) is 15.5. The van der Waals surface area contributed by atoms with Crippen LogP contribution in [-0.2, 0) is 17.8 Å². The minimum absolute atomic E-state index is 0.0411. The van der Waals surface area contributed by atoms with Crippen molar-refractivity contribution in [3.8, 4) is 0 Å². The fourth-order valence-corrected chi connectivity index (χ4v) is 3.86. The molecule has 0 aliphatic rings. The minimum atomic E-state index is -1.19. The summed E-state index contributed by atoms with van der Waals surface area (Å²) in [4.78, 5) is 45.1. The maximum Gasteiger partial charge on any atom is 0.337 e.